The lowest BCUT2D eigenvalue weighted by atomic mass is 10.1. The Balaban J connectivity index is 2.09. The van der Waals surface area contributed by atoms with Crippen molar-refractivity contribution in [2.75, 3.05) is 20.3 Å². The van der Waals surface area contributed by atoms with Gasteiger partial charge in [-0.3, -0.25) is 0 Å². The topological polar surface area (TPSA) is 30.5 Å². The maximum Gasteiger partial charge on any atom is 0.419 e. The molecular formula is C15H20F3NO2. The molecule has 2 rings (SSSR count). The summed E-state index contributed by atoms with van der Waals surface area (Å²) in [5.41, 5.74) is -0.155. The zero-order valence-corrected chi connectivity index (χ0v) is 12.0. The summed E-state index contributed by atoms with van der Waals surface area (Å²) in [6.07, 6.45) is -1.67. The Morgan fingerprint density at radius 3 is 2.76 bits per heavy atom. The monoisotopic (exact) mass is 303 g/mol. The summed E-state index contributed by atoms with van der Waals surface area (Å²) in [4.78, 5) is 0. The Hall–Kier alpha value is -1.27. The molecule has 0 saturated carbocycles. The Bertz CT molecular complexity index is 457. The van der Waals surface area contributed by atoms with Crippen molar-refractivity contribution < 1.29 is 22.6 Å². The van der Waals surface area contributed by atoms with Crippen LogP contribution in [0.25, 0.3) is 0 Å². The van der Waals surface area contributed by atoms with Crippen molar-refractivity contribution >= 4 is 0 Å². The van der Waals surface area contributed by atoms with E-state index >= 15 is 0 Å². The zero-order valence-electron chi connectivity index (χ0n) is 12.0. The second-order valence-electron chi connectivity index (χ2n) is 5.16. The molecule has 1 aromatic carbocycles. The van der Waals surface area contributed by atoms with Gasteiger partial charge in [0, 0.05) is 13.2 Å². The number of halogens is 3. The molecule has 1 saturated heterocycles. The first-order valence-corrected chi connectivity index (χ1v) is 7.10. The molecular weight excluding hydrogens is 283 g/mol. The molecule has 3 nitrogen and oxygen atoms in total. The lowest BCUT2D eigenvalue weighted by Gasteiger charge is -2.23. The molecule has 1 aliphatic heterocycles. The van der Waals surface area contributed by atoms with Crippen molar-refractivity contribution in [3.8, 4) is 5.75 Å². The molecule has 0 spiro atoms. The summed E-state index contributed by atoms with van der Waals surface area (Å²) in [5, 5.41) is 2.84. The van der Waals surface area contributed by atoms with Crippen LogP contribution < -0.4 is 10.1 Å². The van der Waals surface area contributed by atoms with Crippen LogP contribution in [0.1, 0.15) is 30.4 Å². The minimum atomic E-state index is -4.42. The third-order valence-corrected chi connectivity index (χ3v) is 3.43. The Morgan fingerprint density at radius 2 is 2.14 bits per heavy atom. The highest BCUT2D eigenvalue weighted by atomic mass is 19.4. The van der Waals surface area contributed by atoms with Gasteiger partial charge in [-0.15, -0.1) is 0 Å². The van der Waals surface area contributed by atoms with Gasteiger partial charge in [0.15, 0.2) is 0 Å². The van der Waals surface area contributed by atoms with Crippen molar-refractivity contribution in [2.45, 2.75) is 38.1 Å². The zero-order chi connectivity index (χ0) is 15.3. The van der Waals surface area contributed by atoms with Gasteiger partial charge in [-0.1, -0.05) is 6.07 Å². The molecule has 6 heteroatoms. The lowest BCUT2D eigenvalue weighted by molar-refractivity contribution is -0.139. The third kappa shape index (κ3) is 4.61. The summed E-state index contributed by atoms with van der Waals surface area (Å²) in [6, 6.07) is 4.16. The molecule has 21 heavy (non-hydrogen) atoms. The first-order valence-electron chi connectivity index (χ1n) is 7.10. The van der Waals surface area contributed by atoms with Crippen LogP contribution >= 0.6 is 0 Å². The van der Waals surface area contributed by atoms with Crippen LogP contribution in [-0.4, -0.2) is 26.4 Å². The molecule has 0 aromatic heterocycles. The van der Waals surface area contributed by atoms with Crippen molar-refractivity contribution in [2.24, 2.45) is 0 Å². The smallest absolute Gasteiger partial charge is 0.419 e. The Morgan fingerprint density at radius 1 is 1.33 bits per heavy atom. The highest BCUT2D eigenvalue weighted by Crippen LogP contribution is 2.37. The van der Waals surface area contributed by atoms with Crippen molar-refractivity contribution in [3.63, 3.8) is 0 Å². The average Bonchev–Trinajstić information content (AvgIpc) is 2.46. The predicted molar refractivity (Wildman–Crippen MR) is 73.3 cm³/mol. The van der Waals surface area contributed by atoms with Crippen LogP contribution in [0.5, 0.6) is 5.75 Å². The number of rotatable bonds is 5. The molecule has 0 aliphatic carbocycles. The minimum absolute atomic E-state index is 0.114. The number of hydrogen-bond acceptors (Lipinski definition) is 3. The standard InChI is InChI=1S/C15H20F3NO2/c1-19-9-11-5-6-14(13(8-11)15(16,17)18)21-10-12-4-2-3-7-20-12/h5-6,8,12,19H,2-4,7,9-10H2,1H3. The maximum atomic E-state index is 13.1. The van der Waals surface area contributed by atoms with Crippen molar-refractivity contribution in [1.82, 2.24) is 5.32 Å². The van der Waals surface area contributed by atoms with Crippen LogP contribution in [0, 0.1) is 0 Å². The summed E-state index contributed by atoms with van der Waals surface area (Å²) in [6.45, 7) is 1.20. The molecule has 0 amide bonds. The van der Waals surface area contributed by atoms with Gasteiger partial charge in [0.25, 0.3) is 0 Å². The highest BCUT2D eigenvalue weighted by molar-refractivity contribution is 5.39. The lowest BCUT2D eigenvalue weighted by Crippen LogP contribution is -2.26. The van der Waals surface area contributed by atoms with E-state index in [4.69, 9.17) is 9.47 Å². The number of alkyl halides is 3. The number of hydrogen-bond donors (Lipinski definition) is 1. The SMILES string of the molecule is CNCc1ccc(OCC2CCCCO2)c(C(F)(F)F)c1. The number of benzene rings is 1. The van der Waals surface area contributed by atoms with E-state index in [9.17, 15) is 13.2 Å². The summed E-state index contributed by atoms with van der Waals surface area (Å²) in [7, 11) is 1.69. The second-order valence-corrected chi connectivity index (χ2v) is 5.16. The van der Waals surface area contributed by atoms with Gasteiger partial charge in [0.1, 0.15) is 12.4 Å². The van der Waals surface area contributed by atoms with Gasteiger partial charge in [-0.25, -0.2) is 0 Å². The van der Waals surface area contributed by atoms with Gasteiger partial charge < -0.3 is 14.8 Å². The third-order valence-electron chi connectivity index (χ3n) is 3.43. The molecule has 1 atom stereocenters. The van der Waals surface area contributed by atoms with E-state index in [1.54, 1.807) is 13.1 Å². The molecule has 1 fully saturated rings. The molecule has 0 bridgehead atoms. The summed E-state index contributed by atoms with van der Waals surface area (Å²) in [5.74, 6) is -0.128. The molecule has 1 unspecified atom stereocenters. The van der Waals surface area contributed by atoms with Crippen molar-refractivity contribution in [3.05, 3.63) is 29.3 Å². The van der Waals surface area contributed by atoms with Gasteiger partial charge in [0.05, 0.1) is 11.7 Å². The molecule has 1 aromatic rings. The quantitative estimate of drug-likeness (QED) is 0.904. The summed E-state index contributed by atoms with van der Waals surface area (Å²) < 4.78 is 50.1. The number of nitrogens with one attached hydrogen (secondary N) is 1. The van der Waals surface area contributed by atoms with E-state index < -0.39 is 11.7 Å². The molecule has 1 aliphatic rings. The second kappa shape index (κ2) is 7.13. The van der Waals surface area contributed by atoms with E-state index in [-0.39, 0.29) is 18.5 Å². The van der Waals surface area contributed by atoms with Crippen LogP contribution in [-0.2, 0) is 17.5 Å². The van der Waals surface area contributed by atoms with Crippen LogP contribution in [0.3, 0.4) is 0 Å². The maximum absolute atomic E-state index is 13.1. The van der Waals surface area contributed by atoms with Gasteiger partial charge in [0.2, 0.25) is 0 Å². The fourth-order valence-electron chi connectivity index (χ4n) is 2.36. The largest absolute Gasteiger partial charge is 0.490 e. The van der Waals surface area contributed by atoms with Crippen LogP contribution in [0.15, 0.2) is 18.2 Å². The average molecular weight is 303 g/mol. The highest BCUT2D eigenvalue weighted by Gasteiger charge is 2.34. The number of ether oxygens (including phenoxy) is 2. The van der Waals surface area contributed by atoms with Gasteiger partial charge in [-0.2, -0.15) is 13.2 Å². The van der Waals surface area contributed by atoms with Gasteiger partial charge >= 0.3 is 6.18 Å². The van der Waals surface area contributed by atoms with E-state index in [2.05, 4.69) is 5.32 Å². The molecule has 1 N–H and O–H groups in total. The van der Waals surface area contributed by atoms with Crippen LogP contribution in [0.2, 0.25) is 0 Å². The van der Waals surface area contributed by atoms with E-state index in [0.717, 1.165) is 25.3 Å². The van der Waals surface area contributed by atoms with E-state index in [1.165, 1.54) is 6.07 Å². The van der Waals surface area contributed by atoms with Crippen molar-refractivity contribution in [1.29, 1.82) is 0 Å². The first kappa shape index (κ1) is 16.1. The Labute approximate surface area is 122 Å². The first-order chi connectivity index (χ1) is 10.0. The normalized spacial score (nSPS) is 19.5. The van der Waals surface area contributed by atoms with E-state index in [0.29, 0.717) is 18.7 Å². The Kier molecular flexibility index (Phi) is 5.47. The van der Waals surface area contributed by atoms with Gasteiger partial charge in [-0.05, 0) is 44.0 Å². The fourth-order valence-corrected chi connectivity index (χ4v) is 2.36. The molecule has 0 radical (unpaired) electrons. The summed E-state index contributed by atoms with van der Waals surface area (Å²) >= 11 is 0. The molecule has 118 valence electrons. The fraction of sp³-hybridized carbons (Fsp3) is 0.600. The van der Waals surface area contributed by atoms with Crippen LogP contribution in [0.4, 0.5) is 13.2 Å². The van der Waals surface area contributed by atoms with E-state index in [1.807, 2.05) is 0 Å². The minimum Gasteiger partial charge on any atom is -0.490 e. The predicted octanol–water partition coefficient (Wildman–Crippen LogP) is 3.37. The molecule has 1 heterocycles.